The Morgan fingerprint density at radius 3 is 2.84 bits per heavy atom. The maximum absolute atomic E-state index is 4.52. The first kappa shape index (κ1) is 17.4. The fourth-order valence-corrected chi connectivity index (χ4v) is 3.49. The van der Waals surface area contributed by atoms with E-state index in [1.807, 2.05) is 6.20 Å². The molecule has 6 heteroatoms. The van der Waals surface area contributed by atoms with Crippen LogP contribution in [0.1, 0.15) is 25.5 Å². The van der Waals surface area contributed by atoms with Gasteiger partial charge >= 0.3 is 0 Å². The summed E-state index contributed by atoms with van der Waals surface area (Å²) in [5.41, 5.74) is 1.12. The van der Waals surface area contributed by atoms with E-state index >= 15 is 0 Å². The molecule has 0 radical (unpaired) electrons. The Labute approximate surface area is 138 Å². The fraction of sp³-hybridized carbons (Fsp3) is 0.615. The van der Waals surface area contributed by atoms with Crippen LogP contribution in [-0.2, 0) is 6.54 Å². The van der Waals surface area contributed by atoms with Gasteiger partial charge < -0.3 is 5.32 Å². The Balaban J connectivity index is 0.00000180. The number of nitrogens with one attached hydrogen (secondary N) is 1. The maximum atomic E-state index is 4.52. The highest BCUT2D eigenvalue weighted by Crippen LogP contribution is 2.22. The van der Waals surface area contributed by atoms with Gasteiger partial charge in [0.05, 0.1) is 5.69 Å². The lowest BCUT2D eigenvalue weighted by Crippen LogP contribution is -2.37. The van der Waals surface area contributed by atoms with Crippen LogP contribution in [0.25, 0.3) is 0 Å². The van der Waals surface area contributed by atoms with E-state index in [0.717, 1.165) is 40.8 Å². The van der Waals surface area contributed by atoms with E-state index in [1.54, 1.807) is 0 Å². The van der Waals surface area contributed by atoms with Gasteiger partial charge in [-0.2, -0.15) is 0 Å². The van der Waals surface area contributed by atoms with Crippen LogP contribution < -0.4 is 5.32 Å². The van der Waals surface area contributed by atoms with Crippen LogP contribution >= 0.6 is 44.3 Å². The molecule has 0 amide bonds. The predicted molar refractivity (Wildman–Crippen MR) is 88.9 cm³/mol. The van der Waals surface area contributed by atoms with Crippen LogP contribution in [0.15, 0.2) is 21.2 Å². The van der Waals surface area contributed by atoms with Crippen LogP contribution in [0, 0.1) is 0 Å². The third-order valence-electron chi connectivity index (χ3n) is 3.30. The monoisotopic (exact) mass is 411 g/mol. The number of halogens is 3. The average molecular weight is 414 g/mol. The third-order valence-corrected chi connectivity index (χ3v) is 4.42. The van der Waals surface area contributed by atoms with Crippen LogP contribution in [0.5, 0.6) is 0 Å². The summed E-state index contributed by atoms with van der Waals surface area (Å²) in [6.07, 6.45) is 4.30. The molecule has 1 N–H and O–H groups in total. The molecule has 1 aliphatic rings. The van der Waals surface area contributed by atoms with Gasteiger partial charge in [-0.05, 0) is 63.9 Å². The molecular weight excluding hydrogens is 393 g/mol. The molecule has 0 spiro atoms. The molecule has 2 heterocycles. The molecule has 1 atom stereocenters. The van der Waals surface area contributed by atoms with Crippen molar-refractivity contribution in [1.29, 1.82) is 0 Å². The molecule has 1 aromatic rings. The molecule has 3 nitrogen and oxygen atoms in total. The number of hydrogen-bond acceptors (Lipinski definition) is 3. The van der Waals surface area contributed by atoms with Gasteiger partial charge in [-0.1, -0.05) is 6.92 Å². The highest BCUT2D eigenvalue weighted by atomic mass is 79.9. The van der Waals surface area contributed by atoms with Crippen molar-refractivity contribution in [2.45, 2.75) is 32.4 Å². The zero-order chi connectivity index (χ0) is 13.0. The van der Waals surface area contributed by atoms with Crippen LogP contribution in [0.3, 0.4) is 0 Å². The first-order valence-electron chi connectivity index (χ1n) is 6.45. The van der Waals surface area contributed by atoms with Crippen molar-refractivity contribution in [3.8, 4) is 0 Å². The minimum absolute atomic E-state index is 0. The van der Waals surface area contributed by atoms with Crippen molar-refractivity contribution < 1.29 is 0 Å². The summed E-state index contributed by atoms with van der Waals surface area (Å²) in [7, 11) is 0. The third kappa shape index (κ3) is 4.97. The Morgan fingerprint density at radius 1 is 1.47 bits per heavy atom. The Kier molecular flexibility index (Phi) is 7.84. The first-order chi connectivity index (χ1) is 8.70. The van der Waals surface area contributed by atoms with Gasteiger partial charge in [0.1, 0.15) is 0 Å². The van der Waals surface area contributed by atoms with E-state index in [9.17, 15) is 0 Å². The summed E-state index contributed by atoms with van der Waals surface area (Å²) in [5, 5.41) is 3.44. The molecule has 0 bridgehead atoms. The standard InChI is InChI=1S/C13H19Br2N3.ClH/c1-2-5-18(11-3-4-16-8-11)9-13-12(15)6-10(14)7-17-13;/h6-7,11,16H,2-5,8-9H2,1H3;1H. The van der Waals surface area contributed by atoms with Crippen molar-refractivity contribution >= 4 is 44.3 Å². The Bertz CT molecular complexity index is 397. The SMILES string of the molecule is CCCN(Cc1ncc(Br)cc1Br)C1CCNC1.Cl. The molecule has 1 aliphatic heterocycles. The maximum Gasteiger partial charge on any atom is 0.0686 e. The van der Waals surface area contributed by atoms with E-state index in [1.165, 1.54) is 12.8 Å². The summed E-state index contributed by atoms with van der Waals surface area (Å²) in [6.45, 7) is 6.54. The van der Waals surface area contributed by atoms with Crippen molar-refractivity contribution in [2.24, 2.45) is 0 Å². The number of hydrogen-bond donors (Lipinski definition) is 1. The largest absolute Gasteiger partial charge is 0.315 e. The molecule has 0 aliphatic carbocycles. The lowest BCUT2D eigenvalue weighted by molar-refractivity contribution is 0.197. The topological polar surface area (TPSA) is 28.2 Å². The van der Waals surface area contributed by atoms with Crippen LogP contribution in [0.2, 0.25) is 0 Å². The number of rotatable bonds is 5. The summed E-state index contributed by atoms with van der Waals surface area (Å²) >= 11 is 7.04. The second kappa shape index (κ2) is 8.57. The van der Waals surface area contributed by atoms with Gasteiger partial charge in [0, 0.05) is 34.3 Å². The van der Waals surface area contributed by atoms with Gasteiger partial charge in [-0.15, -0.1) is 12.4 Å². The minimum Gasteiger partial charge on any atom is -0.315 e. The smallest absolute Gasteiger partial charge is 0.0686 e. The normalized spacial score (nSPS) is 18.6. The lowest BCUT2D eigenvalue weighted by atomic mass is 10.2. The molecule has 108 valence electrons. The van der Waals surface area contributed by atoms with Gasteiger partial charge in [-0.3, -0.25) is 9.88 Å². The Hall–Kier alpha value is 0.320. The summed E-state index contributed by atoms with van der Waals surface area (Å²) in [4.78, 5) is 7.06. The second-order valence-electron chi connectivity index (χ2n) is 4.70. The highest BCUT2D eigenvalue weighted by molar-refractivity contribution is 9.11. The molecule has 0 saturated carbocycles. The van der Waals surface area contributed by atoms with Crippen molar-refractivity contribution in [1.82, 2.24) is 15.2 Å². The average Bonchev–Trinajstić information content (AvgIpc) is 2.85. The first-order valence-corrected chi connectivity index (χ1v) is 8.04. The number of pyridine rings is 1. The van der Waals surface area contributed by atoms with E-state index < -0.39 is 0 Å². The van der Waals surface area contributed by atoms with E-state index in [-0.39, 0.29) is 12.4 Å². The quantitative estimate of drug-likeness (QED) is 0.799. The zero-order valence-electron chi connectivity index (χ0n) is 11.0. The number of aromatic nitrogens is 1. The molecule has 2 rings (SSSR count). The van der Waals surface area contributed by atoms with Crippen molar-refractivity contribution in [3.63, 3.8) is 0 Å². The fourth-order valence-electron chi connectivity index (χ4n) is 2.38. The molecule has 1 unspecified atom stereocenters. The second-order valence-corrected chi connectivity index (χ2v) is 6.47. The lowest BCUT2D eigenvalue weighted by Gasteiger charge is -2.27. The highest BCUT2D eigenvalue weighted by Gasteiger charge is 2.22. The number of nitrogens with zero attached hydrogens (tertiary/aromatic N) is 2. The van der Waals surface area contributed by atoms with Gasteiger partial charge in [0.15, 0.2) is 0 Å². The molecule has 1 aromatic heterocycles. The van der Waals surface area contributed by atoms with Crippen molar-refractivity contribution in [2.75, 3.05) is 19.6 Å². The zero-order valence-corrected chi connectivity index (χ0v) is 15.0. The minimum atomic E-state index is 0. The summed E-state index contributed by atoms with van der Waals surface area (Å²) < 4.78 is 2.10. The van der Waals surface area contributed by atoms with Gasteiger partial charge in [0.2, 0.25) is 0 Å². The van der Waals surface area contributed by atoms with Crippen LogP contribution in [-0.4, -0.2) is 35.6 Å². The van der Waals surface area contributed by atoms with Crippen LogP contribution in [0.4, 0.5) is 0 Å². The molecule has 0 aromatic carbocycles. The molecule has 1 fully saturated rings. The van der Waals surface area contributed by atoms with Crippen molar-refractivity contribution in [3.05, 3.63) is 26.9 Å². The van der Waals surface area contributed by atoms with Gasteiger partial charge in [-0.25, -0.2) is 0 Å². The molecule has 1 saturated heterocycles. The van der Waals surface area contributed by atoms with Gasteiger partial charge in [0.25, 0.3) is 0 Å². The van der Waals surface area contributed by atoms with E-state index in [0.29, 0.717) is 6.04 Å². The predicted octanol–water partition coefficient (Wildman–Crippen LogP) is 3.60. The van der Waals surface area contributed by atoms with E-state index in [4.69, 9.17) is 0 Å². The summed E-state index contributed by atoms with van der Waals surface area (Å²) in [6, 6.07) is 2.72. The Morgan fingerprint density at radius 2 is 2.26 bits per heavy atom. The summed E-state index contributed by atoms with van der Waals surface area (Å²) in [5.74, 6) is 0. The molecular formula is C13H20Br2ClN3. The molecule has 19 heavy (non-hydrogen) atoms. The van der Waals surface area contributed by atoms with E-state index in [2.05, 4.69) is 60.1 Å².